The number of hydrogen-bond acceptors (Lipinski definition) is 1. The van der Waals surface area contributed by atoms with E-state index < -0.39 is 0 Å². The van der Waals surface area contributed by atoms with Crippen molar-refractivity contribution in [2.45, 2.75) is 4.90 Å². The molecule has 0 N–H and O–H groups in total. The van der Waals surface area contributed by atoms with E-state index in [-0.39, 0.29) is 0 Å². The topological polar surface area (TPSA) is 0 Å². The maximum absolute atomic E-state index is 5.51. The molecular weight excluding hydrogens is 242 g/mol. The Hall–Kier alpha value is 0.365. The Morgan fingerprint density at radius 2 is 2.00 bits per heavy atom. The van der Waals surface area contributed by atoms with Crippen molar-refractivity contribution in [1.29, 1.82) is 0 Å². The Labute approximate surface area is 75.0 Å². The van der Waals surface area contributed by atoms with Crippen LogP contribution in [0.4, 0.5) is 0 Å². The van der Waals surface area contributed by atoms with Crippen LogP contribution in [0.25, 0.3) is 0 Å². The first kappa shape index (κ1) is 7.47. The molecule has 1 aromatic carbocycles. The van der Waals surface area contributed by atoms with Gasteiger partial charge in [0.1, 0.15) is 7.85 Å². The summed E-state index contributed by atoms with van der Waals surface area (Å²) in [6.45, 7) is 0. The zero-order chi connectivity index (χ0) is 6.85. The molecule has 0 nitrogen and oxygen atoms in total. The van der Waals surface area contributed by atoms with Gasteiger partial charge in [0.05, 0.1) is 0 Å². The molecule has 0 bridgehead atoms. The Balaban J connectivity index is 3.17. The van der Waals surface area contributed by atoms with Gasteiger partial charge in [0.2, 0.25) is 0 Å². The van der Waals surface area contributed by atoms with Crippen molar-refractivity contribution in [2.75, 3.05) is 0 Å². The van der Waals surface area contributed by atoms with Gasteiger partial charge < -0.3 is 0 Å². The third-order valence-electron chi connectivity index (χ3n) is 0.905. The number of thiol groups is 1. The van der Waals surface area contributed by atoms with Crippen LogP contribution in [0.1, 0.15) is 0 Å². The van der Waals surface area contributed by atoms with Crippen molar-refractivity contribution in [2.24, 2.45) is 0 Å². The summed E-state index contributed by atoms with van der Waals surface area (Å²) in [7, 11) is 5.51. The first-order valence-corrected chi connectivity index (χ1v) is 3.96. The Bertz CT molecular complexity index is 174. The van der Waals surface area contributed by atoms with Crippen LogP contribution >= 0.6 is 35.2 Å². The van der Waals surface area contributed by atoms with E-state index in [1.165, 1.54) is 0 Å². The minimum absolute atomic E-state index is 0.770. The highest BCUT2D eigenvalue weighted by Gasteiger charge is 1.89. The fraction of sp³-hybridized carbons (Fsp3) is 0. The molecule has 0 aliphatic heterocycles. The van der Waals surface area contributed by atoms with Gasteiger partial charge in [0, 0.05) is 8.47 Å². The van der Waals surface area contributed by atoms with Crippen molar-refractivity contribution in [3.05, 3.63) is 21.8 Å². The fourth-order valence-electron chi connectivity index (χ4n) is 0.596. The van der Waals surface area contributed by atoms with E-state index in [2.05, 4.69) is 35.2 Å². The molecular formula is C6H4BIS. The molecule has 1 aromatic rings. The summed E-state index contributed by atoms with van der Waals surface area (Å²) in [6.07, 6.45) is 0. The molecule has 0 fully saturated rings. The van der Waals surface area contributed by atoms with E-state index in [4.69, 9.17) is 7.85 Å². The van der Waals surface area contributed by atoms with Crippen LogP contribution in [0.15, 0.2) is 23.1 Å². The smallest absolute Gasteiger partial charge is 0.113 e. The molecule has 1 rings (SSSR count). The van der Waals surface area contributed by atoms with Crippen molar-refractivity contribution in [3.8, 4) is 0 Å². The first-order chi connectivity index (χ1) is 4.18. The summed E-state index contributed by atoms with van der Waals surface area (Å²) in [6, 6.07) is 5.69. The molecule has 0 amide bonds. The van der Waals surface area contributed by atoms with Gasteiger partial charge in [0.25, 0.3) is 0 Å². The van der Waals surface area contributed by atoms with Crippen molar-refractivity contribution in [1.82, 2.24) is 0 Å². The molecule has 0 aliphatic carbocycles. The van der Waals surface area contributed by atoms with Crippen LogP contribution in [0, 0.1) is 3.57 Å². The molecule has 0 aliphatic rings. The molecule has 44 valence electrons. The van der Waals surface area contributed by atoms with E-state index in [1.807, 2.05) is 18.2 Å². The zero-order valence-electron chi connectivity index (χ0n) is 4.63. The molecule has 0 spiro atoms. The molecule has 3 heteroatoms. The summed E-state index contributed by atoms with van der Waals surface area (Å²) in [4.78, 5) is 0.916. The third kappa shape index (κ3) is 2.22. The lowest BCUT2D eigenvalue weighted by Gasteiger charge is -1.95. The second-order valence-electron chi connectivity index (χ2n) is 1.74. The van der Waals surface area contributed by atoms with Crippen LogP contribution in [-0.2, 0) is 0 Å². The molecule has 0 aromatic heterocycles. The van der Waals surface area contributed by atoms with Gasteiger partial charge in [-0.1, -0.05) is 17.6 Å². The molecule has 2 radical (unpaired) electrons. The average molecular weight is 246 g/mol. The van der Waals surface area contributed by atoms with E-state index in [1.54, 1.807) is 0 Å². The monoisotopic (exact) mass is 246 g/mol. The van der Waals surface area contributed by atoms with Gasteiger partial charge >= 0.3 is 0 Å². The lowest BCUT2D eigenvalue weighted by molar-refractivity contribution is 1.48. The average Bonchev–Trinajstić information content (AvgIpc) is 1.59. The second kappa shape index (κ2) is 2.97. The quantitative estimate of drug-likeness (QED) is 0.399. The van der Waals surface area contributed by atoms with Crippen molar-refractivity contribution >= 4 is 48.5 Å². The minimum Gasteiger partial charge on any atom is -0.143 e. The highest BCUT2D eigenvalue weighted by molar-refractivity contribution is 14.1. The Morgan fingerprint density at radius 3 is 2.44 bits per heavy atom. The van der Waals surface area contributed by atoms with Gasteiger partial charge in [-0.05, 0) is 28.7 Å². The highest BCUT2D eigenvalue weighted by Crippen LogP contribution is 2.08. The maximum Gasteiger partial charge on any atom is 0.113 e. The molecule has 0 unspecified atom stereocenters. The molecule has 0 atom stereocenters. The van der Waals surface area contributed by atoms with E-state index in [0.29, 0.717) is 0 Å². The summed E-state index contributed by atoms with van der Waals surface area (Å²) in [5.41, 5.74) is 0.770. The summed E-state index contributed by atoms with van der Waals surface area (Å²) >= 11 is 6.34. The van der Waals surface area contributed by atoms with Crippen LogP contribution < -0.4 is 5.46 Å². The van der Waals surface area contributed by atoms with E-state index >= 15 is 0 Å². The Kier molecular flexibility index (Phi) is 2.46. The number of rotatable bonds is 0. The predicted octanol–water partition coefficient (Wildman–Crippen LogP) is 1.37. The number of hydrogen-bond donors (Lipinski definition) is 1. The first-order valence-electron chi connectivity index (χ1n) is 2.43. The second-order valence-corrected chi connectivity index (χ2v) is 3.50. The lowest BCUT2D eigenvalue weighted by Crippen LogP contribution is -2.01. The van der Waals surface area contributed by atoms with Crippen LogP contribution in [0.5, 0.6) is 0 Å². The SMILES string of the molecule is [B]c1cc(S)cc(I)c1. The van der Waals surface area contributed by atoms with Crippen molar-refractivity contribution in [3.63, 3.8) is 0 Å². The summed E-state index contributed by atoms with van der Waals surface area (Å²) < 4.78 is 1.12. The molecule has 0 saturated heterocycles. The minimum atomic E-state index is 0.770. The summed E-state index contributed by atoms with van der Waals surface area (Å²) in [5.74, 6) is 0. The molecule has 0 heterocycles. The fourth-order valence-corrected chi connectivity index (χ4v) is 1.83. The normalized spacial score (nSPS) is 9.56. The molecule has 9 heavy (non-hydrogen) atoms. The predicted molar refractivity (Wildman–Crippen MR) is 51.8 cm³/mol. The number of benzene rings is 1. The standard InChI is InChI=1S/C6H4BIS/c7-4-1-5(8)3-6(9)2-4/h1-3,9H. The maximum atomic E-state index is 5.51. The van der Waals surface area contributed by atoms with Gasteiger partial charge in [-0.3, -0.25) is 0 Å². The highest BCUT2D eigenvalue weighted by atomic mass is 127. The third-order valence-corrected chi connectivity index (χ3v) is 1.79. The van der Waals surface area contributed by atoms with Crippen molar-refractivity contribution < 1.29 is 0 Å². The van der Waals surface area contributed by atoms with E-state index in [0.717, 1.165) is 13.9 Å². The lowest BCUT2D eigenvalue weighted by atomic mass is 9.97. The van der Waals surface area contributed by atoms with Crippen LogP contribution in [-0.4, -0.2) is 7.85 Å². The largest absolute Gasteiger partial charge is 0.143 e. The van der Waals surface area contributed by atoms with Gasteiger partial charge in [-0.2, -0.15) is 0 Å². The Morgan fingerprint density at radius 1 is 1.33 bits per heavy atom. The van der Waals surface area contributed by atoms with Gasteiger partial charge in [0.15, 0.2) is 0 Å². The van der Waals surface area contributed by atoms with Crippen LogP contribution in [0.3, 0.4) is 0 Å². The van der Waals surface area contributed by atoms with Gasteiger partial charge in [-0.15, -0.1) is 12.6 Å². The zero-order valence-corrected chi connectivity index (χ0v) is 7.69. The number of halogens is 1. The molecule has 0 saturated carbocycles. The van der Waals surface area contributed by atoms with E-state index in [9.17, 15) is 0 Å². The summed E-state index contributed by atoms with van der Waals surface area (Å²) in [5, 5.41) is 0. The van der Waals surface area contributed by atoms with Crippen LogP contribution in [0.2, 0.25) is 0 Å². The van der Waals surface area contributed by atoms with Gasteiger partial charge in [-0.25, -0.2) is 0 Å².